The summed E-state index contributed by atoms with van der Waals surface area (Å²) in [6.07, 6.45) is 5.86. The molecule has 3 atom stereocenters. The second-order valence-corrected chi connectivity index (χ2v) is 6.57. The first-order valence-corrected chi connectivity index (χ1v) is 8.51. The maximum absolute atomic E-state index is 11.8. The zero-order chi connectivity index (χ0) is 15.1. The highest BCUT2D eigenvalue weighted by Crippen LogP contribution is 2.11. The number of rotatable bonds is 7. The average molecular weight is 297 g/mol. The fourth-order valence-electron chi connectivity index (χ4n) is 3.38. The van der Waals surface area contributed by atoms with E-state index in [1.807, 2.05) is 0 Å². The molecule has 0 aromatic carbocycles. The number of ether oxygens (including phenoxy) is 1. The number of nitrogens with one attached hydrogen (secondary N) is 2. The molecule has 2 rings (SSSR count). The summed E-state index contributed by atoms with van der Waals surface area (Å²) in [5.41, 5.74) is 0. The number of hydrogen-bond acceptors (Lipinski definition) is 4. The standard InChI is InChI=1S/C16H31N3O2/c1-13-11-19(12-14(2)21-13)9-4-3-7-18-16(20)10-15-6-5-8-17-15/h13-15,17H,3-12H2,1-2H3,(H,18,20). The van der Waals surface area contributed by atoms with Crippen LogP contribution < -0.4 is 10.6 Å². The zero-order valence-electron chi connectivity index (χ0n) is 13.6. The molecule has 21 heavy (non-hydrogen) atoms. The van der Waals surface area contributed by atoms with Crippen LogP contribution in [0.15, 0.2) is 0 Å². The molecule has 0 bridgehead atoms. The minimum Gasteiger partial charge on any atom is -0.373 e. The van der Waals surface area contributed by atoms with Crippen molar-refractivity contribution in [3.8, 4) is 0 Å². The van der Waals surface area contributed by atoms with Crippen molar-refractivity contribution in [1.82, 2.24) is 15.5 Å². The number of amides is 1. The van der Waals surface area contributed by atoms with Crippen molar-refractivity contribution >= 4 is 5.91 Å². The third kappa shape index (κ3) is 6.32. The van der Waals surface area contributed by atoms with E-state index >= 15 is 0 Å². The number of unbranched alkanes of at least 4 members (excludes halogenated alkanes) is 1. The van der Waals surface area contributed by atoms with E-state index in [9.17, 15) is 4.79 Å². The molecule has 3 unspecified atom stereocenters. The maximum Gasteiger partial charge on any atom is 0.221 e. The molecule has 0 aromatic rings. The first kappa shape index (κ1) is 16.7. The van der Waals surface area contributed by atoms with Gasteiger partial charge in [0.25, 0.3) is 0 Å². The Labute approximate surface area is 128 Å². The van der Waals surface area contributed by atoms with Crippen LogP contribution >= 0.6 is 0 Å². The number of carbonyl (C=O) groups excluding carboxylic acids is 1. The van der Waals surface area contributed by atoms with E-state index in [0.717, 1.165) is 52.0 Å². The number of morpholine rings is 1. The highest BCUT2D eigenvalue weighted by molar-refractivity contribution is 5.76. The lowest BCUT2D eigenvalue weighted by atomic mass is 10.1. The van der Waals surface area contributed by atoms with Gasteiger partial charge >= 0.3 is 0 Å². The summed E-state index contributed by atoms with van der Waals surface area (Å²) < 4.78 is 5.73. The van der Waals surface area contributed by atoms with E-state index < -0.39 is 0 Å². The van der Waals surface area contributed by atoms with Crippen LogP contribution in [0.3, 0.4) is 0 Å². The fourth-order valence-corrected chi connectivity index (χ4v) is 3.38. The molecule has 2 aliphatic heterocycles. The summed E-state index contributed by atoms with van der Waals surface area (Å²) in [5, 5.41) is 6.40. The van der Waals surface area contributed by atoms with Gasteiger partial charge in [0.2, 0.25) is 5.91 Å². The van der Waals surface area contributed by atoms with Gasteiger partial charge in [0.05, 0.1) is 12.2 Å². The van der Waals surface area contributed by atoms with Crippen molar-refractivity contribution in [2.45, 2.75) is 64.2 Å². The molecule has 2 fully saturated rings. The minimum atomic E-state index is 0.197. The van der Waals surface area contributed by atoms with Gasteiger partial charge < -0.3 is 15.4 Å². The van der Waals surface area contributed by atoms with E-state index in [4.69, 9.17) is 4.74 Å². The molecule has 2 N–H and O–H groups in total. The minimum absolute atomic E-state index is 0.197. The molecule has 0 radical (unpaired) electrons. The van der Waals surface area contributed by atoms with Crippen LogP contribution in [0.2, 0.25) is 0 Å². The third-order valence-electron chi connectivity index (χ3n) is 4.31. The van der Waals surface area contributed by atoms with Crippen LogP contribution in [0.4, 0.5) is 0 Å². The summed E-state index contributed by atoms with van der Waals surface area (Å²) in [6.45, 7) is 9.32. The Kier molecular flexibility index (Phi) is 6.93. The lowest BCUT2D eigenvalue weighted by Gasteiger charge is -2.35. The van der Waals surface area contributed by atoms with Crippen LogP contribution in [-0.4, -0.2) is 61.8 Å². The van der Waals surface area contributed by atoms with Crippen LogP contribution in [0.25, 0.3) is 0 Å². The number of nitrogens with zero attached hydrogens (tertiary/aromatic N) is 1. The Morgan fingerprint density at radius 1 is 1.29 bits per heavy atom. The molecule has 5 nitrogen and oxygen atoms in total. The van der Waals surface area contributed by atoms with E-state index in [2.05, 4.69) is 29.4 Å². The van der Waals surface area contributed by atoms with Gasteiger partial charge in [-0.15, -0.1) is 0 Å². The molecule has 0 aromatic heterocycles. The molecule has 2 saturated heterocycles. The third-order valence-corrected chi connectivity index (χ3v) is 4.31. The van der Waals surface area contributed by atoms with Crippen LogP contribution in [0, 0.1) is 0 Å². The summed E-state index contributed by atoms with van der Waals surface area (Å²) in [6, 6.07) is 0.404. The Balaban J connectivity index is 1.48. The van der Waals surface area contributed by atoms with Crippen molar-refractivity contribution in [3.05, 3.63) is 0 Å². The van der Waals surface area contributed by atoms with E-state index in [1.54, 1.807) is 0 Å². The largest absolute Gasteiger partial charge is 0.373 e. The fraction of sp³-hybridized carbons (Fsp3) is 0.938. The lowest BCUT2D eigenvalue weighted by molar-refractivity contribution is -0.121. The molecule has 0 spiro atoms. The maximum atomic E-state index is 11.8. The molecular weight excluding hydrogens is 266 g/mol. The molecule has 0 aliphatic carbocycles. The lowest BCUT2D eigenvalue weighted by Crippen LogP contribution is -2.45. The van der Waals surface area contributed by atoms with Crippen molar-refractivity contribution in [3.63, 3.8) is 0 Å². The Hall–Kier alpha value is -0.650. The Morgan fingerprint density at radius 3 is 2.71 bits per heavy atom. The van der Waals surface area contributed by atoms with Crippen molar-refractivity contribution in [2.24, 2.45) is 0 Å². The van der Waals surface area contributed by atoms with Gasteiger partial charge in [0.15, 0.2) is 0 Å². The second-order valence-electron chi connectivity index (χ2n) is 6.57. The normalized spacial score (nSPS) is 30.5. The van der Waals surface area contributed by atoms with Crippen molar-refractivity contribution in [2.75, 3.05) is 32.7 Å². The van der Waals surface area contributed by atoms with Gasteiger partial charge in [-0.05, 0) is 52.6 Å². The van der Waals surface area contributed by atoms with Gasteiger partial charge in [0, 0.05) is 32.1 Å². The zero-order valence-corrected chi connectivity index (χ0v) is 13.6. The molecule has 1 amide bonds. The molecule has 0 saturated carbocycles. The van der Waals surface area contributed by atoms with Crippen LogP contribution in [0.5, 0.6) is 0 Å². The van der Waals surface area contributed by atoms with Crippen molar-refractivity contribution in [1.29, 1.82) is 0 Å². The topological polar surface area (TPSA) is 53.6 Å². The summed E-state index contributed by atoms with van der Waals surface area (Å²) in [5.74, 6) is 0.197. The summed E-state index contributed by atoms with van der Waals surface area (Å²) in [4.78, 5) is 14.2. The van der Waals surface area contributed by atoms with Crippen LogP contribution in [0.1, 0.15) is 46.0 Å². The van der Waals surface area contributed by atoms with Gasteiger partial charge in [0.1, 0.15) is 0 Å². The first-order chi connectivity index (χ1) is 10.1. The Bertz CT molecular complexity index is 309. The Morgan fingerprint density at radius 2 is 2.05 bits per heavy atom. The highest BCUT2D eigenvalue weighted by Gasteiger charge is 2.21. The molecule has 2 aliphatic rings. The van der Waals surface area contributed by atoms with Gasteiger partial charge in [-0.3, -0.25) is 9.69 Å². The molecular formula is C16H31N3O2. The van der Waals surface area contributed by atoms with E-state index in [-0.39, 0.29) is 5.91 Å². The average Bonchev–Trinajstić information content (AvgIpc) is 2.90. The quantitative estimate of drug-likeness (QED) is 0.692. The van der Waals surface area contributed by atoms with Crippen molar-refractivity contribution < 1.29 is 9.53 Å². The van der Waals surface area contributed by atoms with Gasteiger partial charge in [-0.2, -0.15) is 0 Å². The molecule has 5 heteroatoms. The smallest absolute Gasteiger partial charge is 0.221 e. The molecule has 122 valence electrons. The monoisotopic (exact) mass is 297 g/mol. The van der Waals surface area contributed by atoms with E-state index in [0.29, 0.717) is 24.7 Å². The molecule has 2 heterocycles. The first-order valence-electron chi connectivity index (χ1n) is 8.51. The van der Waals surface area contributed by atoms with Gasteiger partial charge in [-0.25, -0.2) is 0 Å². The highest BCUT2D eigenvalue weighted by atomic mass is 16.5. The summed E-state index contributed by atoms with van der Waals surface area (Å²) >= 11 is 0. The predicted molar refractivity (Wildman–Crippen MR) is 84.3 cm³/mol. The number of hydrogen-bond donors (Lipinski definition) is 2. The number of carbonyl (C=O) groups is 1. The second kappa shape index (κ2) is 8.71. The predicted octanol–water partition coefficient (Wildman–Crippen LogP) is 1.13. The summed E-state index contributed by atoms with van der Waals surface area (Å²) in [7, 11) is 0. The van der Waals surface area contributed by atoms with E-state index in [1.165, 1.54) is 6.42 Å². The van der Waals surface area contributed by atoms with Crippen LogP contribution in [-0.2, 0) is 9.53 Å². The van der Waals surface area contributed by atoms with Gasteiger partial charge in [-0.1, -0.05) is 0 Å². The SMILES string of the molecule is CC1CN(CCCCNC(=O)CC2CCCN2)CC(C)O1.